The molecule has 0 spiro atoms. The molecule has 0 fully saturated rings. The van der Waals surface area contributed by atoms with Gasteiger partial charge in [0.05, 0.1) is 43.0 Å². The highest BCUT2D eigenvalue weighted by atomic mass is 19.2. The summed E-state index contributed by atoms with van der Waals surface area (Å²) >= 11 is 0. The molecule has 0 radical (unpaired) electrons. The zero-order chi connectivity index (χ0) is 24.4. The van der Waals surface area contributed by atoms with Crippen LogP contribution in [-0.4, -0.2) is 60.0 Å². The van der Waals surface area contributed by atoms with Gasteiger partial charge in [-0.15, -0.1) is 6.42 Å². The fourth-order valence-corrected chi connectivity index (χ4v) is 2.37. The number of halogens is 3. The second-order valence-electron chi connectivity index (χ2n) is 6.35. The topological polar surface area (TPSA) is 133 Å². The van der Waals surface area contributed by atoms with Gasteiger partial charge in [0.1, 0.15) is 18.5 Å². The Bertz CT molecular complexity index is 1060. The maximum Gasteiger partial charge on any atom is 0.277 e. The monoisotopic (exact) mass is 467 g/mol. The number of carbonyl (C=O) groups is 1. The first kappa shape index (κ1) is 25.6. The Kier molecular flexibility index (Phi) is 9.64. The van der Waals surface area contributed by atoms with E-state index in [1.54, 1.807) is 0 Å². The predicted molar refractivity (Wildman–Crippen MR) is 111 cm³/mol. The number of aliphatic hydroxyl groups is 3. The smallest absolute Gasteiger partial charge is 0.277 e. The summed E-state index contributed by atoms with van der Waals surface area (Å²) in [6.07, 6.45) is 4.69. The second-order valence-corrected chi connectivity index (χ2v) is 6.35. The highest BCUT2D eigenvalue weighted by Gasteiger charge is 2.23. The van der Waals surface area contributed by atoms with E-state index in [1.165, 1.54) is 12.1 Å². The molecular formula is C21H20F3N3O6. The molecule has 5 N–H and O–H groups in total. The Hall–Kier alpha value is -3.63. The van der Waals surface area contributed by atoms with Crippen LogP contribution in [-0.2, 0) is 9.68 Å². The molecular weight excluding hydrogens is 447 g/mol. The molecule has 12 heteroatoms. The summed E-state index contributed by atoms with van der Waals surface area (Å²) in [4.78, 5) is 21.9. The van der Waals surface area contributed by atoms with Crippen LogP contribution < -0.4 is 10.8 Å². The van der Waals surface area contributed by atoms with Crippen molar-refractivity contribution in [3.8, 4) is 12.3 Å². The SMILES string of the molecule is C#Cc1ccc(Nc2c(C(=O)NOCCO)cc(/C=N/OCC(O)CO)c(F)c2F)c(F)c1. The lowest BCUT2D eigenvalue weighted by Crippen LogP contribution is -2.26. The lowest BCUT2D eigenvalue weighted by atomic mass is 10.1. The van der Waals surface area contributed by atoms with E-state index in [2.05, 4.69) is 21.2 Å². The summed E-state index contributed by atoms with van der Waals surface area (Å²) in [5.74, 6) is -2.69. The van der Waals surface area contributed by atoms with Crippen molar-refractivity contribution < 1.29 is 43.0 Å². The number of nitrogens with zero attached hydrogens (tertiary/aromatic N) is 1. The van der Waals surface area contributed by atoms with E-state index in [0.29, 0.717) is 0 Å². The molecule has 176 valence electrons. The third-order valence-corrected chi connectivity index (χ3v) is 3.98. The Morgan fingerprint density at radius 2 is 2.00 bits per heavy atom. The first-order chi connectivity index (χ1) is 15.8. The Labute approximate surface area is 186 Å². The van der Waals surface area contributed by atoms with Crippen molar-refractivity contribution in [2.75, 3.05) is 31.7 Å². The first-order valence-electron chi connectivity index (χ1n) is 9.34. The molecule has 0 bridgehead atoms. The molecule has 33 heavy (non-hydrogen) atoms. The second kappa shape index (κ2) is 12.4. The minimum atomic E-state index is -1.54. The minimum Gasteiger partial charge on any atom is -0.394 e. The van der Waals surface area contributed by atoms with E-state index in [0.717, 1.165) is 18.3 Å². The number of anilines is 2. The maximum absolute atomic E-state index is 14.9. The standard InChI is InChI=1S/C21H20F3N3O6/c1-2-12-3-4-17(16(22)7-12)26-20-15(21(31)27-32-6-5-28)8-13(18(23)19(20)24)9-25-33-11-14(30)10-29/h1,3-4,7-9,14,26,28-30H,5-6,10-11H2,(H,27,31)/b25-9+. The molecule has 2 aromatic rings. The molecule has 2 aromatic carbocycles. The minimum absolute atomic E-state index is 0.206. The van der Waals surface area contributed by atoms with Crippen LogP contribution in [0.4, 0.5) is 24.5 Å². The number of nitrogens with one attached hydrogen (secondary N) is 2. The number of aliphatic hydroxyl groups excluding tert-OH is 3. The van der Waals surface area contributed by atoms with E-state index >= 15 is 0 Å². The number of hydrogen-bond donors (Lipinski definition) is 5. The summed E-state index contributed by atoms with van der Waals surface area (Å²) in [5.41, 5.74) is 0.126. The Balaban J connectivity index is 2.44. The van der Waals surface area contributed by atoms with E-state index < -0.39 is 66.1 Å². The normalized spacial score (nSPS) is 11.8. The Morgan fingerprint density at radius 3 is 2.64 bits per heavy atom. The number of amides is 1. The van der Waals surface area contributed by atoms with Crippen LogP contribution in [0.2, 0.25) is 0 Å². The number of terminal acetylenes is 1. The van der Waals surface area contributed by atoms with E-state index in [-0.39, 0.29) is 17.9 Å². The van der Waals surface area contributed by atoms with Crippen LogP contribution in [0.5, 0.6) is 0 Å². The van der Waals surface area contributed by atoms with Crippen LogP contribution in [0.15, 0.2) is 29.4 Å². The van der Waals surface area contributed by atoms with Crippen molar-refractivity contribution in [2.24, 2.45) is 5.16 Å². The zero-order valence-electron chi connectivity index (χ0n) is 17.0. The van der Waals surface area contributed by atoms with Crippen LogP contribution in [0.25, 0.3) is 0 Å². The van der Waals surface area contributed by atoms with Gasteiger partial charge in [-0.2, -0.15) is 0 Å². The van der Waals surface area contributed by atoms with Crippen LogP contribution in [0, 0.1) is 29.8 Å². The molecule has 0 saturated carbocycles. The average Bonchev–Trinajstić information content (AvgIpc) is 2.81. The van der Waals surface area contributed by atoms with Crippen molar-refractivity contribution in [3.05, 3.63) is 58.4 Å². The number of carbonyl (C=O) groups excluding carboxylic acids is 1. The molecule has 0 heterocycles. The van der Waals surface area contributed by atoms with Crippen molar-refractivity contribution >= 4 is 23.5 Å². The van der Waals surface area contributed by atoms with Gasteiger partial charge in [-0.1, -0.05) is 11.1 Å². The molecule has 0 aliphatic rings. The molecule has 0 aliphatic heterocycles. The summed E-state index contributed by atoms with van der Waals surface area (Å²) in [7, 11) is 0. The van der Waals surface area contributed by atoms with Gasteiger partial charge >= 0.3 is 0 Å². The van der Waals surface area contributed by atoms with Gasteiger partial charge in [0.25, 0.3) is 5.91 Å². The molecule has 0 saturated heterocycles. The summed E-state index contributed by atoms with van der Waals surface area (Å²) in [5, 5.41) is 32.3. The summed E-state index contributed by atoms with van der Waals surface area (Å²) in [6.45, 7) is -1.73. The van der Waals surface area contributed by atoms with Crippen LogP contribution in [0.1, 0.15) is 21.5 Å². The molecule has 0 aliphatic carbocycles. The predicted octanol–water partition coefficient (Wildman–Crippen LogP) is 1.19. The average molecular weight is 467 g/mol. The summed E-state index contributed by atoms with van der Waals surface area (Å²) in [6, 6.07) is 4.41. The van der Waals surface area contributed by atoms with Crippen molar-refractivity contribution in [3.63, 3.8) is 0 Å². The number of rotatable bonds is 11. The third kappa shape index (κ3) is 6.93. The zero-order valence-corrected chi connectivity index (χ0v) is 17.0. The number of benzene rings is 2. The third-order valence-electron chi connectivity index (χ3n) is 3.98. The highest BCUT2D eigenvalue weighted by molar-refractivity contribution is 6.01. The number of oxime groups is 1. The van der Waals surface area contributed by atoms with Crippen molar-refractivity contribution in [1.82, 2.24) is 5.48 Å². The fraction of sp³-hybridized carbons (Fsp3) is 0.238. The molecule has 1 amide bonds. The maximum atomic E-state index is 14.9. The van der Waals surface area contributed by atoms with Gasteiger partial charge in [-0.05, 0) is 24.3 Å². The molecule has 1 unspecified atom stereocenters. The van der Waals surface area contributed by atoms with Crippen LogP contribution in [0.3, 0.4) is 0 Å². The largest absolute Gasteiger partial charge is 0.394 e. The van der Waals surface area contributed by atoms with Gasteiger partial charge in [0.2, 0.25) is 0 Å². The van der Waals surface area contributed by atoms with E-state index in [9.17, 15) is 23.1 Å². The Morgan fingerprint density at radius 1 is 1.24 bits per heavy atom. The number of hydrogen-bond acceptors (Lipinski definition) is 8. The molecule has 9 nitrogen and oxygen atoms in total. The lowest BCUT2D eigenvalue weighted by Gasteiger charge is -2.15. The molecule has 0 aromatic heterocycles. The molecule has 2 rings (SSSR count). The van der Waals surface area contributed by atoms with Gasteiger partial charge in [-0.25, -0.2) is 18.7 Å². The number of hydroxylamine groups is 1. The van der Waals surface area contributed by atoms with Crippen LogP contribution >= 0.6 is 0 Å². The van der Waals surface area contributed by atoms with Crippen molar-refractivity contribution in [2.45, 2.75) is 6.10 Å². The fourth-order valence-electron chi connectivity index (χ4n) is 2.37. The van der Waals surface area contributed by atoms with Crippen molar-refractivity contribution in [1.29, 1.82) is 0 Å². The van der Waals surface area contributed by atoms with E-state index in [4.69, 9.17) is 21.5 Å². The molecule has 1 atom stereocenters. The quantitative estimate of drug-likeness (QED) is 0.145. The van der Waals surface area contributed by atoms with E-state index in [1.807, 2.05) is 5.48 Å². The highest BCUT2D eigenvalue weighted by Crippen LogP contribution is 2.30. The lowest BCUT2D eigenvalue weighted by molar-refractivity contribution is 0.00882. The van der Waals surface area contributed by atoms with Gasteiger partial charge < -0.3 is 25.5 Å². The van der Waals surface area contributed by atoms with Gasteiger partial charge in [-0.3, -0.25) is 9.63 Å². The van der Waals surface area contributed by atoms with Gasteiger partial charge in [0.15, 0.2) is 11.6 Å². The van der Waals surface area contributed by atoms with Gasteiger partial charge in [0, 0.05) is 11.1 Å². The summed E-state index contributed by atoms with van der Waals surface area (Å²) < 4.78 is 43.8. The first-order valence-corrected chi connectivity index (χ1v) is 9.34.